The zero-order valence-electron chi connectivity index (χ0n) is 11.0. The summed E-state index contributed by atoms with van der Waals surface area (Å²) >= 11 is 0. The Bertz CT molecular complexity index is 600. The van der Waals surface area contributed by atoms with Crippen molar-refractivity contribution in [3.63, 3.8) is 0 Å². The molecule has 0 bridgehead atoms. The minimum Gasteiger partial charge on any atom is -0.465 e. The first-order valence-electron chi connectivity index (χ1n) is 6.70. The van der Waals surface area contributed by atoms with Crippen LogP contribution in [0.5, 0.6) is 0 Å². The van der Waals surface area contributed by atoms with E-state index in [0.29, 0.717) is 11.5 Å². The largest absolute Gasteiger partial charge is 0.465 e. The summed E-state index contributed by atoms with van der Waals surface area (Å²) in [4.78, 5) is 11.6. The quantitative estimate of drug-likeness (QED) is 0.793. The van der Waals surface area contributed by atoms with Crippen LogP contribution >= 0.6 is 0 Å². The maximum Gasteiger partial charge on any atom is 0.339 e. The van der Waals surface area contributed by atoms with Crippen LogP contribution in [0.2, 0.25) is 0 Å². The molecule has 19 heavy (non-hydrogen) atoms. The summed E-state index contributed by atoms with van der Waals surface area (Å²) in [7, 11) is 1.39. The molecule has 2 heterocycles. The molecule has 0 amide bonds. The van der Waals surface area contributed by atoms with Gasteiger partial charge in [-0.25, -0.2) is 4.79 Å². The lowest BCUT2D eigenvalue weighted by Crippen LogP contribution is -2.06. The molecule has 1 fully saturated rings. The van der Waals surface area contributed by atoms with Crippen LogP contribution in [-0.2, 0) is 11.2 Å². The molecule has 3 rings (SSSR count). The molecule has 0 unspecified atom stereocenters. The average Bonchev–Trinajstić information content (AvgIpc) is 3.08. The minimum absolute atomic E-state index is 0.331. The van der Waals surface area contributed by atoms with Gasteiger partial charge in [-0.15, -0.1) is 10.2 Å². The second-order valence-electron chi connectivity index (χ2n) is 5.11. The number of rotatable bonds is 3. The maximum absolute atomic E-state index is 11.6. The molecule has 0 saturated heterocycles. The highest BCUT2D eigenvalue weighted by atomic mass is 16.5. The van der Waals surface area contributed by atoms with Crippen LogP contribution in [0.25, 0.3) is 5.65 Å². The van der Waals surface area contributed by atoms with Gasteiger partial charge >= 0.3 is 5.97 Å². The fraction of sp³-hybridized carbons (Fsp3) is 0.500. The molecule has 2 aromatic rings. The van der Waals surface area contributed by atoms with Gasteiger partial charge in [-0.3, -0.25) is 4.40 Å². The van der Waals surface area contributed by atoms with Crippen LogP contribution in [0.4, 0.5) is 0 Å². The molecule has 0 N–H and O–H groups in total. The lowest BCUT2D eigenvalue weighted by molar-refractivity contribution is 0.0600. The van der Waals surface area contributed by atoms with Crippen LogP contribution in [0.15, 0.2) is 18.3 Å². The van der Waals surface area contributed by atoms with Crippen molar-refractivity contribution in [2.45, 2.75) is 32.1 Å². The van der Waals surface area contributed by atoms with E-state index in [1.807, 2.05) is 4.40 Å². The summed E-state index contributed by atoms with van der Waals surface area (Å²) in [6.45, 7) is 0. The second-order valence-corrected chi connectivity index (χ2v) is 5.11. The topological polar surface area (TPSA) is 56.5 Å². The smallest absolute Gasteiger partial charge is 0.339 e. The van der Waals surface area contributed by atoms with E-state index >= 15 is 0 Å². The van der Waals surface area contributed by atoms with Crippen LogP contribution in [0, 0.1) is 5.92 Å². The molecule has 1 aliphatic rings. The summed E-state index contributed by atoms with van der Waals surface area (Å²) < 4.78 is 6.65. The SMILES string of the molecule is COC(=O)c1ccc2nnc(CC3CCCC3)n2c1. The van der Waals surface area contributed by atoms with Gasteiger partial charge in [0.15, 0.2) is 5.65 Å². The summed E-state index contributed by atoms with van der Waals surface area (Å²) in [6, 6.07) is 3.52. The van der Waals surface area contributed by atoms with Crippen molar-refractivity contribution in [3.8, 4) is 0 Å². The lowest BCUT2D eigenvalue weighted by atomic mass is 10.0. The van der Waals surface area contributed by atoms with Gasteiger partial charge in [-0.2, -0.15) is 0 Å². The van der Waals surface area contributed by atoms with Crippen LogP contribution in [-0.4, -0.2) is 27.7 Å². The molecule has 5 heteroatoms. The van der Waals surface area contributed by atoms with Crippen molar-refractivity contribution in [2.24, 2.45) is 5.92 Å². The van der Waals surface area contributed by atoms with Gasteiger partial charge in [0.05, 0.1) is 12.7 Å². The number of aromatic nitrogens is 3. The van der Waals surface area contributed by atoms with Crippen molar-refractivity contribution in [1.82, 2.24) is 14.6 Å². The van der Waals surface area contributed by atoms with E-state index in [1.54, 1.807) is 18.3 Å². The Labute approximate surface area is 111 Å². The van der Waals surface area contributed by atoms with Crippen molar-refractivity contribution < 1.29 is 9.53 Å². The van der Waals surface area contributed by atoms with Gasteiger partial charge in [-0.1, -0.05) is 25.7 Å². The monoisotopic (exact) mass is 259 g/mol. The fourth-order valence-corrected chi connectivity index (χ4v) is 2.79. The van der Waals surface area contributed by atoms with Gasteiger partial charge in [0, 0.05) is 12.6 Å². The summed E-state index contributed by atoms with van der Waals surface area (Å²) in [5, 5.41) is 8.39. The highest BCUT2D eigenvalue weighted by Crippen LogP contribution is 2.27. The predicted molar refractivity (Wildman–Crippen MR) is 70.0 cm³/mol. The summed E-state index contributed by atoms with van der Waals surface area (Å²) in [5.41, 5.74) is 1.31. The number of hydrogen-bond acceptors (Lipinski definition) is 4. The van der Waals surface area contributed by atoms with Gasteiger partial charge in [0.2, 0.25) is 0 Å². The maximum atomic E-state index is 11.6. The molecule has 1 aliphatic carbocycles. The highest BCUT2D eigenvalue weighted by Gasteiger charge is 2.19. The zero-order chi connectivity index (χ0) is 13.2. The van der Waals surface area contributed by atoms with Crippen LogP contribution in [0.1, 0.15) is 41.9 Å². The van der Waals surface area contributed by atoms with Crippen LogP contribution < -0.4 is 0 Å². The highest BCUT2D eigenvalue weighted by molar-refractivity contribution is 5.89. The number of nitrogens with zero attached hydrogens (tertiary/aromatic N) is 3. The molecule has 1 saturated carbocycles. The number of hydrogen-bond donors (Lipinski definition) is 0. The Morgan fingerprint density at radius 1 is 1.37 bits per heavy atom. The Hall–Kier alpha value is -1.91. The first-order chi connectivity index (χ1) is 9.28. The lowest BCUT2D eigenvalue weighted by Gasteiger charge is -2.07. The van der Waals surface area contributed by atoms with Crippen molar-refractivity contribution in [3.05, 3.63) is 29.7 Å². The van der Waals surface area contributed by atoms with E-state index in [1.165, 1.54) is 32.8 Å². The van der Waals surface area contributed by atoms with E-state index < -0.39 is 0 Å². The van der Waals surface area contributed by atoms with Gasteiger partial charge in [0.25, 0.3) is 0 Å². The van der Waals surface area contributed by atoms with E-state index in [2.05, 4.69) is 10.2 Å². The fourth-order valence-electron chi connectivity index (χ4n) is 2.79. The zero-order valence-corrected chi connectivity index (χ0v) is 11.0. The Morgan fingerprint density at radius 3 is 2.89 bits per heavy atom. The summed E-state index contributed by atoms with van der Waals surface area (Å²) in [5.74, 6) is 1.31. The third-order valence-corrected chi connectivity index (χ3v) is 3.84. The van der Waals surface area contributed by atoms with Gasteiger partial charge in [-0.05, 0) is 18.1 Å². The van der Waals surface area contributed by atoms with Crippen molar-refractivity contribution in [1.29, 1.82) is 0 Å². The van der Waals surface area contributed by atoms with Crippen LogP contribution in [0.3, 0.4) is 0 Å². The number of ether oxygens (including phenoxy) is 1. The van der Waals surface area contributed by atoms with E-state index in [0.717, 1.165) is 17.9 Å². The molecular formula is C14H17N3O2. The molecule has 0 aromatic carbocycles. The average molecular weight is 259 g/mol. The van der Waals surface area contributed by atoms with E-state index in [-0.39, 0.29) is 5.97 Å². The van der Waals surface area contributed by atoms with Crippen molar-refractivity contribution >= 4 is 11.6 Å². The van der Waals surface area contributed by atoms with E-state index in [4.69, 9.17) is 4.74 Å². The Balaban J connectivity index is 1.93. The van der Waals surface area contributed by atoms with Crippen molar-refractivity contribution in [2.75, 3.05) is 7.11 Å². The minimum atomic E-state index is -0.331. The Morgan fingerprint density at radius 2 is 2.16 bits per heavy atom. The molecule has 5 nitrogen and oxygen atoms in total. The Kier molecular flexibility index (Phi) is 3.19. The standard InChI is InChI=1S/C14H17N3O2/c1-19-14(18)11-6-7-12-15-16-13(17(12)9-11)8-10-4-2-3-5-10/h6-7,9-10H,2-5,8H2,1H3. The van der Waals surface area contributed by atoms with Gasteiger partial charge < -0.3 is 4.74 Å². The predicted octanol–water partition coefficient (Wildman–Crippen LogP) is 2.25. The number of fused-ring (bicyclic) bond motifs is 1. The number of carbonyl (C=O) groups excluding carboxylic acids is 1. The molecule has 2 aromatic heterocycles. The normalized spacial score (nSPS) is 16.1. The number of carbonyl (C=O) groups is 1. The molecule has 0 aliphatic heterocycles. The number of methoxy groups -OCH3 is 1. The van der Waals surface area contributed by atoms with E-state index in [9.17, 15) is 4.79 Å². The second kappa shape index (κ2) is 4.99. The molecule has 100 valence electrons. The number of esters is 1. The number of pyridine rings is 1. The molecule has 0 spiro atoms. The molecule has 0 atom stereocenters. The molecular weight excluding hydrogens is 242 g/mol. The third-order valence-electron chi connectivity index (χ3n) is 3.84. The van der Waals surface area contributed by atoms with Gasteiger partial charge in [0.1, 0.15) is 5.82 Å². The third kappa shape index (κ3) is 2.32. The first-order valence-corrected chi connectivity index (χ1v) is 6.70. The summed E-state index contributed by atoms with van der Waals surface area (Å²) in [6.07, 6.45) is 7.87. The molecule has 0 radical (unpaired) electrons. The first kappa shape index (κ1) is 12.1.